The third-order valence-corrected chi connectivity index (χ3v) is 3.17. The Balaban J connectivity index is 1.81. The molecule has 0 saturated heterocycles. The molecular formula is C14H17N3O. The van der Waals surface area contributed by atoms with Gasteiger partial charge in [-0.15, -0.1) is 0 Å². The lowest BCUT2D eigenvalue weighted by Crippen LogP contribution is -2.33. The summed E-state index contributed by atoms with van der Waals surface area (Å²) in [6, 6.07) is 9.50. The molecule has 0 unspecified atom stereocenters. The first-order valence-corrected chi connectivity index (χ1v) is 6.19. The van der Waals surface area contributed by atoms with Crippen LogP contribution in [-0.2, 0) is 0 Å². The van der Waals surface area contributed by atoms with Gasteiger partial charge in [-0.2, -0.15) is 5.26 Å². The molecule has 1 saturated carbocycles. The lowest BCUT2D eigenvalue weighted by molar-refractivity contribution is 0.0949. The molecule has 0 aromatic heterocycles. The van der Waals surface area contributed by atoms with Crippen molar-refractivity contribution in [1.82, 2.24) is 10.2 Å². The van der Waals surface area contributed by atoms with Gasteiger partial charge in [-0.05, 0) is 38.1 Å². The van der Waals surface area contributed by atoms with Crippen molar-refractivity contribution in [1.29, 1.82) is 5.26 Å². The minimum Gasteiger partial charge on any atom is -0.351 e. The fraction of sp³-hybridized carbons (Fsp3) is 0.429. The van der Waals surface area contributed by atoms with E-state index in [-0.39, 0.29) is 5.91 Å². The van der Waals surface area contributed by atoms with Crippen LogP contribution in [0.25, 0.3) is 0 Å². The van der Waals surface area contributed by atoms with Gasteiger partial charge in [0.05, 0.1) is 11.6 Å². The lowest BCUT2D eigenvalue weighted by Gasteiger charge is -2.15. The van der Waals surface area contributed by atoms with Crippen LogP contribution in [0.15, 0.2) is 24.3 Å². The van der Waals surface area contributed by atoms with Gasteiger partial charge in [0, 0.05) is 24.7 Å². The summed E-state index contributed by atoms with van der Waals surface area (Å²) in [7, 11) is 2.08. The maximum atomic E-state index is 11.8. The zero-order valence-corrected chi connectivity index (χ0v) is 10.5. The number of likely N-dealkylation sites (N-methyl/N-ethyl adjacent to an activating group) is 1. The van der Waals surface area contributed by atoms with Crippen molar-refractivity contribution in [2.75, 3.05) is 20.1 Å². The van der Waals surface area contributed by atoms with Gasteiger partial charge in [0.1, 0.15) is 0 Å². The molecule has 2 rings (SSSR count). The molecule has 18 heavy (non-hydrogen) atoms. The van der Waals surface area contributed by atoms with Gasteiger partial charge in [0.15, 0.2) is 0 Å². The van der Waals surface area contributed by atoms with Gasteiger partial charge < -0.3 is 10.2 Å². The first-order chi connectivity index (χ1) is 8.70. The molecule has 1 fully saturated rings. The van der Waals surface area contributed by atoms with E-state index in [1.165, 1.54) is 12.8 Å². The smallest absolute Gasteiger partial charge is 0.251 e. The van der Waals surface area contributed by atoms with Crippen LogP contribution in [0.4, 0.5) is 0 Å². The lowest BCUT2D eigenvalue weighted by atomic mass is 10.1. The highest BCUT2D eigenvalue weighted by molar-refractivity contribution is 5.94. The standard InChI is InChI=1S/C14H17N3O/c1-17(13-5-6-13)8-7-16-14(18)12-4-2-3-11(9-12)10-15/h2-4,9,13H,5-8H2,1H3,(H,16,18). The summed E-state index contributed by atoms with van der Waals surface area (Å²) >= 11 is 0. The molecule has 1 aromatic carbocycles. The Morgan fingerprint density at radius 3 is 3.00 bits per heavy atom. The van der Waals surface area contributed by atoms with Crippen LogP contribution in [0.2, 0.25) is 0 Å². The van der Waals surface area contributed by atoms with Crippen molar-refractivity contribution in [2.45, 2.75) is 18.9 Å². The Morgan fingerprint density at radius 2 is 2.33 bits per heavy atom. The summed E-state index contributed by atoms with van der Waals surface area (Å²) in [6.07, 6.45) is 2.54. The molecule has 0 bridgehead atoms. The normalized spacial score (nSPS) is 14.3. The van der Waals surface area contributed by atoms with Crippen LogP contribution < -0.4 is 5.32 Å². The molecule has 0 radical (unpaired) electrons. The molecule has 0 atom stereocenters. The highest BCUT2D eigenvalue weighted by Gasteiger charge is 2.25. The highest BCUT2D eigenvalue weighted by atomic mass is 16.1. The van der Waals surface area contributed by atoms with Gasteiger partial charge in [0.25, 0.3) is 5.91 Å². The van der Waals surface area contributed by atoms with Crippen molar-refractivity contribution in [3.63, 3.8) is 0 Å². The molecule has 94 valence electrons. The third kappa shape index (κ3) is 3.31. The molecule has 0 aliphatic heterocycles. The number of nitrogens with one attached hydrogen (secondary N) is 1. The Labute approximate surface area is 107 Å². The van der Waals surface area contributed by atoms with Crippen molar-refractivity contribution in [3.8, 4) is 6.07 Å². The minimum absolute atomic E-state index is 0.115. The van der Waals surface area contributed by atoms with Gasteiger partial charge in [-0.1, -0.05) is 6.07 Å². The highest BCUT2D eigenvalue weighted by Crippen LogP contribution is 2.24. The van der Waals surface area contributed by atoms with Crippen LogP contribution in [0.1, 0.15) is 28.8 Å². The van der Waals surface area contributed by atoms with Crippen LogP contribution in [0, 0.1) is 11.3 Å². The molecule has 4 nitrogen and oxygen atoms in total. The van der Waals surface area contributed by atoms with E-state index in [9.17, 15) is 4.79 Å². The van der Waals surface area contributed by atoms with E-state index in [0.29, 0.717) is 23.7 Å². The number of benzene rings is 1. The fourth-order valence-corrected chi connectivity index (χ4v) is 1.88. The van der Waals surface area contributed by atoms with Crippen LogP contribution in [-0.4, -0.2) is 37.0 Å². The second kappa shape index (κ2) is 5.65. The molecule has 0 heterocycles. The summed E-state index contributed by atoms with van der Waals surface area (Å²) in [4.78, 5) is 14.1. The monoisotopic (exact) mass is 243 g/mol. The van der Waals surface area contributed by atoms with Gasteiger partial charge in [-0.3, -0.25) is 4.79 Å². The van der Waals surface area contributed by atoms with E-state index < -0.39 is 0 Å². The molecule has 1 aromatic rings. The third-order valence-electron chi connectivity index (χ3n) is 3.17. The largest absolute Gasteiger partial charge is 0.351 e. The first kappa shape index (κ1) is 12.6. The van der Waals surface area contributed by atoms with Crippen LogP contribution in [0.5, 0.6) is 0 Å². The quantitative estimate of drug-likeness (QED) is 0.850. The van der Waals surface area contributed by atoms with Crippen molar-refractivity contribution >= 4 is 5.91 Å². The molecule has 1 N–H and O–H groups in total. The van der Waals surface area contributed by atoms with E-state index in [2.05, 4.69) is 17.3 Å². The number of hydrogen-bond acceptors (Lipinski definition) is 3. The van der Waals surface area contributed by atoms with E-state index in [4.69, 9.17) is 5.26 Å². The average molecular weight is 243 g/mol. The van der Waals surface area contributed by atoms with Crippen molar-refractivity contribution in [3.05, 3.63) is 35.4 Å². The predicted octanol–water partition coefficient (Wildman–Crippen LogP) is 1.38. The molecule has 4 heteroatoms. The average Bonchev–Trinajstić information content (AvgIpc) is 3.23. The minimum atomic E-state index is -0.115. The zero-order valence-electron chi connectivity index (χ0n) is 10.5. The number of nitrogens with zero attached hydrogens (tertiary/aromatic N) is 2. The van der Waals surface area contributed by atoms with E-state index in [0.717, 1.165) is 6.54 Å². The number of hydrogen-bond donors (Lipinski definition) is 1. The van der Waals surface area contributed by atoms with Crippen molar-refractivity contribution in [2.24, 2.45) is 0 Å². The summed E-state index contributed by atoms with van der Waals surface area (Å²) in [5.41, 5.74) is 1.06. The second-order valence-corrected chi connectivity index (χ2v) is 4.66. The molecule has 1 amide bonds. The second-order valence-electron chi connectivity index (χ2n) is 4.66. The number of nitriles is 1. The Hall–Kier alpha value is -1.86. The summed E-state index contributed by atoms with van der Waals surface area (Å²) < 4.78 is 0. The molecule has 0 spiro atoms. The number of rotatable bonds is 5. The zero-order chi connectivity index (χ0) is 13.0. The summed E-state index contributed by atoms with van der Waals surface area (Å²) in [5.74, 6) is -0.115. The maximum Gasteiger partial charge on any atom is 0.251 e. The van der Waals surface area contributed by atoms with Gasteiger partial charge in [-0.25, -0.2) is 0 Å². The van der Waals surface area contributed by atoms with Crippen LogP contribution >= 0.6 is 0 Å². The van der Waals surface area contributed by atoms with E-state index >= 15 is 0 Å². The fourth-order valence-electron chi connectivity index (χ4n) is 1.88. The SMILES string of the molecule is CN(CCNC(=O)c1cccc(C#N)c1)C1CC1. The Kier molecular flexibility index (Phi) is 3.96. The van der Waals surface area contributed by atoms with Gasteiger partial charge >= 0.3 is 0 Å². The van der Waals surface area contributed by atoms with Crippen LogP contribution in [0.3, 0.4) is 0 Å². The van der Waals surface area contributed by atoms with Gasteiger partial charge in [0.2, 0.25) is 0 Å². The number of carbonyl (C=O) groups excluding carboxylic acids is 1. The topological polar surface area (TPSA) is 56.1 Å². The summed E-state index contributed by atoms with van der Waals surface area (Å²) in [6.45, 7) is 1.51. The summed E-state index contributed by atoms with van der Waals surface area (Å²) in [5, 5.41) is 11.6. The first-order valence-electron chi connectivity index (χ1n) is 6.19. The molecule has 1 aliphatic rings. The Bertz CT molecular complexity index is 474. The maximum absolute atomic E-state index is 11.8. The Morgan fingerprint density at radius 1 is 1.56 bits per heavy atom. The van der Waals surface area contributed by atoms with E-state index in [1.54, 1.807) is 24.3 Å². The van der Waals surface area contributed by atoms with E-state index in [1.807, 2.05) is 6.07 Å². The molecule has 1 aliphatic carbocycles. The number of amides is 1. The van der Waals surface area contributed by atoms with Crippen molar-refractivity contribution < 1.29 is 4.79 Å². The number of carbonyl (C=O) groups is 1. The predicted molar refractivity (Wildman–Crippen MR) is 69.1 cm³/mol. The molecular weight excluding hydrogens is 226 g/mol.